The number of rotatable bonds is 5. The van der Waals surface area contributed by atoms with Crippen molar-refractivity contribution in [2.24, 2.45) is 0 Å². The smallest absolute Gasteiger partial charge is 0.314 e. The number of nitrogens with zero attached hydrogens (tertiary/aromatic N) is 1. The zero-order valence-electron chi connectivity index (χ0n) is 10.4. The van der Waals surface area contributed by atoms with Crippen molar-refractivity contribution < 1.29 is 14.4 Å². The molecule has 5 heteroatoms. The third-order valence-corrected chi connectivity index (χ3v) is 2.60. The lowest BCUT2D eigenvalue weighted by molar-refractivity contribution is -0.385. The highest BCUT2D eigenvalue weighted by Crippen LogP contribution is 2.36. The van der Waals surface area contributed by atoms with Gasteiger partial charge in [-0.25, -0.2) is 0 Å². The topological polar surface area (TPSA) is 61.6 Å². The summed E-state index contributed by atoms with van der Waals surface area (Å²) in [5, 5.41) is 10.9. The van der Waals surface area contributed by atoms with Crippen molar-refractivity contribution in [1.82, 2.24) is 0 Å². The van der Waals surface area contributed by atoms with E-state index in [1.807, 2.05) is 30.3 Å². The van der Waals surface area contributed by atoms with Gasteiger partial charge in [-0.05, 0) is 11.6 Å². The molecule has 0 spiro atoms. The predicted molar refractivity (Wildman–Crippen MR) is 70.4 cm³/mol. The Morgan fingerprint density at radius 2 is 1.84 bits per heavy atom. The summed E-state index contributed by atoms with van der Waals surface area (Å²) >= 11 is 0. The van der Waals surface area contributed by atoms with Crippen molar-refractivity contribution in [3.63, 3.8) is 0 Å². The van der Waals surface area contributed by atoms with Crippen LogP contribution in [0.25, 0.3) is 0 Å². The van der Waals surface area contributed by atoms with Crippen LogP contribution < -0.4 is 9.47 Å². The second-order valence-electron chi connectivity index (χ2n) is 3.84. The summed E-state index contributed by atoms with van der Waals surface area (Å²) in [6.07, 6.45) is 0. The molecule has 5 nitrogen and oxygen atoms in total. The largest absolute Gasteiger partial charge is 0.488 e. The fraction of sp³-hybridized carbons (Fsp3) is 0.143. The van der Waals surface area contributed by atoms with E-state index in [0.29, 0.717) is 12.4 Å². The first-order valence-electron chi connectivity index (χ1n) is 5.70. The SMILES string of the molecule is COc1c(OCc2ccccc2)cccc1[N+](=O)[O-]. The van der Waals surface area contributed by atoms with Crippen molar-refractivity contribution >= 4 is 5.69 Å². The molecule has 0 aromatic heterocycles. The third kappa shape index (κ3) is 3.01. The highest BCUT2D eigenvalue weighted by Gasteiger charge is 2.19. The van der Waals surface area contributed by atoms with Gasteiger partial charge in [-0.15, -0.1) is 0 Å². The Morgan fingerprint density at radius 1 is 1.11 bits per heavy atom. The third-order valence-electron chi connectivity index (χ3n) is 2.60. The van der Waals surface area contributed by atoms with Crippen LogP contribution in [0.2, 0.25) is 0 Å². The first kappa shape index (κ1) is 12.9. The molecule has 19 heavy (non-hydrogen) atoms. The average Bonchev–Trinajstić information content (AvgIpc) is 2.45. The van der Waals surface area contributed by atoms with E-state index >= 15 is 0 Å². The second kappa shape index (κ2) is 5.86. The van der Waals surface area contributed by atoms with Gasteiger partial charge in [0, 0.05) is 6.07 Å². The van der Waals surface area contributed by atoms with E-state index < -0.39 is 4.92 Å². The molecule has 0 atom stereocenters. The highest BCUT2D eigenvalue weighted by molar-refractivity contribution is 5.55. The Morgan fingerprint density at radius 3 is 2.47 bits per heavy atom. The molecule has 0 heterocycles. The van der Waals surface area contributed by atoms with E-state index in [1.165, 1.54) is 13.2 Å². The number of ether oxygens (including phenoxy) is 2. The Bertz CT molecular complexity index is 569. The number of methoxy groups -OCH3 is 1. The standard InChI is InChI=1S/C14H13NO4/c1-18-14-12(15(16)17)8-5-9-13(14)19-10-11-6-3-2-4-7-11/h2-9H,10H2,1H3. The van der Waals surface area contributed by atoms with Crippen LogP contribution >= 0.6 is 0 Å². The number of hydrogen-bond acceptors (Lipinski definition) is 4. The lowest BCUT2D eigenvalue weighted by Crippen LogP contribution is -2.00. The van der Waals surface area contributed by atoms with Gasteiger partial charge < -0.3 is 9.47 Å². The minimum atomic E-state index is -0.492. The lowest BCUT2D eigenvalue weighted by Gasteiger charge is -2.10. The van der Waals surface area contributed by atoms with Gasteiger partial charge in [0.15, 0.2) is 5.75 Å². The van der Waals surface area contributed by atoms with Crippen molar-refractivity contribution in [3.05, 3.63) is 64.2 Å². The van der Waals surface area contributed by atoms with Crippen LogP contribution in [0, 0.1) is 10.1 Å². The van der Waals surface area contributed by atoms with E-state index in [0.717, 1.165) is 5.56 Å². The van der Waals surface area contributed by atoms with E-state index in [2.05, 4.69) is 0 Å². The van der Waals surface area contributed by atoms with Gasteiger partial charge in [0.1, 0.15) is 6.61 Å². The Labute approximate surface area is 110 Å². The van der Waals surface area contributed by atoms with Crippen molar-refractivity contribution in [1.29, 1.82) is 0 Å². The summed E-state index contributed by atoms with van der Waals surface area (Å²) in [6.45, 7) is 0.332. The summed E-state index contributed by atoms with van der Waals surface area (Å²) in [4.78, 5) is 10.4. The summed E-state index contributed by atoms with van der Waals surface area (Å²) < 4.78 is 10.6. The maximum absolute atomic E-state index is 10.9. The Balaban J connectivity index is 2.21. The molecule has 0 unspecified atom stereocenters. The molecule has 0 aliphatic carbocycles. The van der Waals surface area contributed by atoms with Gasteiger partial charge in [0.25, 0.3) is 0 Å². The molecule has 2 aromatic rings. The second-order valence-corrected chi connectivity index (χ2v) is 3.84. The van der Waals surface area contributed by atoms with Gasteiger partial charge >= 0.3 is 5.69 Å². The fourth-order valence-corrected chi connectivity index (χ4v) is 1.70. The first-order valence-corrected chi connectivity index (χ1v) is 5.70. The van der Waals surface area contributed by atoms with E-state index in [-0.39, 0.29) is 11.4 Å². The molecule has 0 bridgehead atoms. The predicted octanol–water partition coefficient (Wildman–Crippen LogP) is 3.18. The lowest BCUT2D eigenvalue weighted by atomic mass is 10.2. The fourth-order valence-electron chi connectivity index (χ4n) is 1.70. The molecule has 0 saturated heterocycles. The average molecular weight is 259 g/mol. The number of nitro benzene ring substituents is 1. The van der Waals surface area contributed by atoms with E-state index in [9.17, 15) is 10.1 Å². The van der Waals surface area contributed by atoms with Crippen molar-refractivity contribution in [2.45, 2.75) is 6.61 Å². The molecule has 0 radical (unpaired) electrons. The molecule has 0 aliphatic heterocycles. The van der Waals surface area contributed by atoms with Gasteiger partial charge in [-0.3, -0.25) is 10.1 Å². The highest BCUT2D eigenvalue weighted by atomic mass is 16.6. The molecular weight excluding hydrogens is 246 g/mol. The summed E-state index contributed by atoms with van der Waals surface area (Å²) in [6, 6.07) is 14.2. The molecule has 2 aromatic carbocycles. The molecular formula is C14H13NO4. The quantitative estimate of drug-likeness (QED) is 0.611. The first-order chi connectivity index (χ1) is 9.22. The molecule has 0 saturated carbocycles. The van der Waals surface area contributed by atoms with Crippen LogP contribution in [-0.2, 0) is 6.61 Å². The van der Waals surface area contributed by atoms with E-state index in [4.69, 9.17) is 9.47 Å². The zero-order valence-corrected chi connectivity index (χ0v) is 10.4. The molecule has 0 N–H and O–H groups in total. The Kier molecular flexibility index (Phi) is 3.97. The molecule has 0 amide bonds. The number of nitro groups is 1. The maximum Gasteiger partial charge on any atom is 0.314 e. The van der Waals surface area contributed by atoms with Crippen molar-refractivity contribution in [2.75, 3.05) is 7.11 Å². The van der Waals surface area contributed by atoms with E-state index in [1.54, 1.807) is 12.1 Å². The maximum atomic E-state index is 10.9. The van der Waals surface area contributed by atoms with Crippen LogP contribution in [0.3, 0.4) is 0 Å². The molecule has 0 aliphatic rings. The van der Waals surface area contributed by atoms with Crippen molar-refractivity contribution in [3.8, 4) is 11.5 Å². The summed E-state index contributed by atoms with van der Waals surface area (Å²) in [7, 11) is 1.39. The molecule has 2 rings (SSSR count). The van der Waals surface area contributed by atoms with Gasteiger partial charge in [0.05, 0.1) is 12.0 Å². The number of hydrogen-bond donors (Lipinski definition) is 0. The molecule has 98 valence electrons. The normalized spacial score (nSPS) is 9.95. The molecule has 0 fully saturated rings. The minimum absolute atomic E-state index is 0.104. The zero-order chi connectivity index (χ0) is 13.7. The van der Waals surface area contributed by atoms with Gasteiger partial charge in [-0.1, -0.05) is 36.4 Å². The van der Waals surface area contributed by atoms with Gasteiger partial charge in [0.2, 0.25) is 5.75 Å². The minimum Gasteiger partial charge on any atom is -0.488 e. The summed E-state index contributed by atoms with van der Waals surface area (Å²) in [5.74, 6) is 0.504. The monoisotopic (exact) mass is 259 g/mol. The van der Waals surface area contributed by atoms with Crippen LogP contribution in [0.5, 0.6) is 11.5 Å². The van der Waals surface area contributed by atoms with Crippen LogP contribution in [0.4, 0.5) is 5.69 Å². The number of para-hydroxylation sites is 1. The Hall–Kier alpha value is -2.56. The van der Waals surface area contributed by atoms with Gasteiger partial charge in [-0.2, -0.15) is 0 Å². The number of benzene rings is 2. The van der Waals surface area contributed by atoms with Crippen LogP contribution in [-0.4, -0.2) is 12.0 Å². The summed E-state index contributed by atoms with van der Waals surface area (Å²) in [5.41, 5.74) is 0.879. The van der Waals surface area contributed by atoms with Crippen LogP contribution in [0.1, 0.15) is 5.56 Å². The van der Waals surface area contributed by atoms with Crippen LogP contribution in [0.15, 0.2) is 48.5 Å².